The van der Waals surface area contributed by atoms with Crippen LogP contribution in [0.2, 0.25) is 0 Å². The van der Waals surface area contributed by atoms with Crippen molar-refractivity contribution in [3.63, 3.8) is 0 Å². The Morgan fingerprint density at radius 3 is 2.38 bits per heavy atom. The molecule has 3 aliphatic rings. The van der Waals surface area contributed by atoms with Crippen LogP contribution in [0.4, 0.5) is 10.5 Å². The van der Waals surface area contributed by atoms with Gasteiger partial charge in [0.25, 0.3) is 0 Å². The van der Waals surface area contributed by atoms with Gasteiger partial charge >= 0.3 is 12.1 Å². The highest BCUT2D eigenvalue weighted by molar-refractivity contribution is 5.97. The number of anilines is 1. The van der Waals surface area contributed by atoms with Gasteiger partial charge in [-0.05, 0) is 36.5 Å². The first kappa shape index (κ1) is 24.8. The van der Waals surface area contributed by atoms with Crippen LogP contribution in [0, 0.1) is 0 Å². The van der Waals surface area contributed by atoms with Crippen LogP contribution < -0.4 is 4.90 Å². The number of carbonyl (C=O) groups is 4. The maximum absolute atomic E-state index is 12.8. The minimum atomic E-state index is -0.788. The molecule has 1 atom stereocenters. The van der Waals surface area contributed by atoms with Gasteiger partial charge in [-0.2, -0.15) is 0 Å². The van der Waals surface area contributed by atoms with Crippen molar-refractivity contribution < 1.29 is 28.7 Å². The first-order valence-corrected chi connectivity index (χ1v) is 12.8. The van der Waals surface area contributed by atoms with E-state index in [1.807, 2.05) is 54.6 Å². The van der Waals surface area contributed by atoms with Crippen molar-refractivity contribution in [3.8, 4) is 0 Å². The molecule has 2 aromatic rings. The van der Waals surface area contributed by atoms with E-state index in [1.165, 1.54) is 4.90 Å². The summed E-state index contributed by atoms with van der Waals surface area (Å²) in [5.74, 6) is -0.595. The number of rotatable bonds is 7. The molecule has 0 saturated carbocycles. The van der Waals surface area contributed by atoms with Crippen LogP contribution in [0.5, 0.6) is 0 Å². The Bertz CT molecular complexity index is 1160. The summed E-state index contributed by atoms with van der Waals surface area (Å²) in [7, 11) is 0. The summed E-state index contributed by atoms with van der Waals surface area (Å²) >= 11 is 0. The van der Waals surface area contributed by atoms with Crippen LogP contribution in [0.3, 0.4) is 0 Å². The Morgan fingerprint density at radius 1 is 0.892 bits per heavy atom. The monoisotopic (exact) mass is 505 g/mol. The van der Waals surface area contributed by atoms with E-state index in [1.54, 1.807) is 9.80 Å². The van der Waals surface area contributed by atoms with Crippen LogP contribution in [0.1, 0.15) is 36.8 Å². The fourth-order valence-electron chi connectivity index (χ4n) is 5.34. The van der Waals surface area contributed by atoms with E-state index in [-0.39, 0.29) is 43.9 Å². The highest BCUT2D eigenvalue weighted by atomic mass is 16.6. The Morgan fingerprint density at radius 2 is 1.59 bits per heavy atom. The van der Waals surface area contributed by atoms with Crippen molar-refractivity contribution in [3.05, 3.63) is 65.7 Å². The number of fused-ring (bicyclic) bond motifs is 1. The topological polar surface area (TPSA) is 96.5 Å². The van der Waals surface area contributed by atoms with Crippen LogP contribution in [0.25, 0.3) is 0 Å². The molecule has 9 heteroatoms. The number of likely N-dealkylation sites (tertiary alicyclic amines) is 1. The van der Waals surface area contributed by atoms with Gasteiger partial charge in [0.1, 0.15) is 13.2 Å². The highest BCUT2D eigenvalue weighted by Crippen LogP contribution is 2.29. The second-order valence-electron chi connectivity index (χ2n) is 9.63. The lowest BCUT2D eigenvalue weighted by molar-refractivity contribution is -0.150. The SMILES string of the molecule is O=C(OCc1ccccc1)C1COC(=O)N1C1CCN(C(=O)CCC(=O)N2CCc3ccccc32)CC1. The van der Waals surface area contributed by atoms with E-state index in [4.69, 9.17) is 9.47 Å². The maximum atomic E-state index is 12.8. The Hall–Kier alpha value is -3.88. The van der Waals surface area contributed by atoms with E-state index < -0.39 is 18.1 Å². The standard InChI is InChI=1S/C28H31N3O6/c32-25(10-11-26(33)30-17-12-21-8-4-5-9-23(21)30)29-15-13-22(14-16-29)31-24(19-37-28(31)35)27(34)36-18-20-6-2-1-3-7-20/h1-9,22,24H,10-19H2. The van der Waals surface area contributed by atoms with Gasteiger partial charge in [-0.15, -0.1) is 0 Å². The van der Waals surface area contributed by atoms with Gasteiger partial charge < -0.3 is 19.3 Å². The third-order valence-corrected chi connectivity index (χ3v) is 7.36. The summed E-state index contributed by atoms with van der Waals surface area (Å²) in [6, 6.07) is 16.2. The third-order valence-electron chi connectivity index (χ3n) is 7.36. The molecule has 5 rings (SSSR count). The van der Waals surface area contributed by atoms with Gasteiger partial charge in [-0.1, -0.05) is 48.5 Å². The van der Waals surface area contributed by atoms with Gasteiger partial charge in [0.05, 0.1) is 0 Å². The van der Waals surface area contributed by atoms with E-state index in [2.05, 4.69) is 0 Å². The number of ether oxygens (including phenoxy) is 2. The molecule has 3 heterocycles. The predicted molar refractivity (Wildman–Crippen MR) is 135 cm³/mol. The second kappa shape index (κ2) is 11.0. The average molecular weight is 506 g/mol. The molecule has 194 valence electrons. The lowest BCUT2D eigenvalue weighted by Gasteiger charge is -2.37. The number of amides is 3. The number of cyclic esters (lactones) is 1. The second-order valence-corrected chi connectivity index (χ2v) is 9.63. The number of nitrogens with zero attached hydrogens (tertiary/aromatic N) is 3. The molecule has 3 amide bonds. The number of hydrogen-bond donors (Lipinski definition) is 0. The molecule has 1 unspecified atom stereocenters. The molecule has 2 saturated heterocycles. The fourth-order valence-corrected chi connectivity index (χ4v) is 5.34. The summed E-state index contributed by atoms with van der Waals surface area (Å²) in [6.07, 6.45) is 1.71. The van der Waals surface area contributed by atoms with Crippen molar-refractivity contribution in [1.29, 1.82) is 0 Å². The van der Waals surface area contributed by atoms with Crippen LogP contribution in [-0.2, 0) is 36.9 Å². The van der Waals surface area contributed by atoms with E-state index in [0.717, 1.165) is 23.2 Å². The van der Waals surface area contributed by atoms with Gasteiger partial charge in [0.15, 0.2) is 6.04 Å². The molecule has 0 spiro atoms. The smallest absolute Gasteiger partial charge is 0.410 e. The molecule has 2 aromatic carbocycles. The summed E-state index contributed by atoms with van der Waals surface area (Å²) in [6.45, 7) is 1.67. The van der Waals surface area contributed by atoms with Gasteiger partial charge in [-0.3, -0.25) is 14.5 Å². The number of carbonyl (C=O) groups excluding carboxylic acids is 4. The Balaban J connectivity index is 1.09. The lowest BCUT2D eigenvalue weighted by atomic mass is 10.0. The number of hydrogen-bond acceptors (Lipinski definition) is 6. The fraction of sp³-hybridized carbons (Fsp3) is 0.429. The Labute approximate surface area is 215 Å². The van der Waals surface area contributed by atoms with Crippen LogP contribution in [-0.4, -0.2) is 72.0 Å². The summed E-state index contributed by atoms with van der Waals surface area (Å²) < 4.78 is 10.6. The van der Waals surface area contributed by atoms with Crippen LogP contribution >= 0.6 is 0 Å². The van der Waals surface area contributed by atoms with Gasteiger partial charge in [0, 0.05) is 44.2 Å². The van der Waals surface area contributed by atoms with Crippen molar-refractivity contribution in [1.82, 2.24) is 9.80 Å². The molecule has 0 aliphatic carbocycles. The predicted octanol–water partition coefficient (Wildman–Crippen LogP) is 2.91. The lowest BCUT2D eigenvalue weighted by Crippen LogP contribution is -2.52. The molecular formula is C28H31N3O6. The van der Waals surface area contributed by atoms with Crippen molar-refractivity contribution >= 4 is 29.6 Å². The zero-order chi connectivity index (χ0) is 25.8. The quantitative estimate of drug-likeness (QED) is 0.537. The van der Waals surface area contributed by atoms with E-state index in [9.17, 15) is 19.2 Å². The van der Waals surface area contributed by atoms with Gasteiger partial charge in [-0.25, -0.2) is 9.59 Å². The number of benzene rings is 2. The molecule has 37 heavy (non-hydrogen) atoms. The molecule has 9 nitrogen and oxygen atoms in total. The number of para-hydroxylation sites is 1. The first-order chi connectivity index (χ1) is 18.0. The molecule has 0 radical (unpaired) electrons. The minimum absolute atomic E-state index is 0.0344. The average Bonchev–Trinajstić information content (AvgIpc) is 3.54. The molecule has 3 aliphatic heterocycles. The summed E-state index contributed by atoms with van der Waals surface area (Å²) in [4.78, 5) is 55.7. The Kier molecular flexibility index (Phi) is 7.39. The molecule has 0 aromatic heterocycles. The molecular weight excluding hydrogens is 474 g/mol. The molecule has 2 fully saturated rings. The summed E-state index contributed by atoms with van der Waals surface area (Å²) in [5, 5.41) is 0. The number of esters is 1. The third kappa shape index (κ3) is 5.45. The van der Waals surface area contributed by atoms with E-state index >= 15 is 0 Å². The van der Waals surface area contributed by atoms with Crippen molar-refractivity contribution in [2.45, 2.75) is 50.8 Å². The van der Waals surface area contributed by atoms with Crippen molar-refractivity contribution in [2.75, 3.05) is 31.1 Å². The molecule has 0 bridgehead atoms. The van der Waals surface area contributed by atoms with Crippen molar-refractivity contribution in [2.24, 2.45) is 0 Å². The largest absolute Gasteiger partial charge is 0.459 e. The minimum Gasteiger partial charge on any atom is -0.459 e. The number of piperidine rings is 1. The highest BCUT2D eigenvalue weighted by Gasteiger charge is 2.44. The normalized spacial score (nSPS) is 19.5. The van der Waals surface area contributed by atoms with E-state index in [0.29, 0.717) is 32.5 Å². The maximum Gasteiger partial charge on any atom is 0.410 e. The summed E-state index contributed by atoms with van der Waals surface area (Å²) in [5.41, 5.74) is 2.97. The zero-order valence-electron chi connectivity index (χ0n) is 20.7. The zero-order valence-corrected chi connectivity index (χ0v) is 20.7. The first-order valence-electron chi connectivity index (χ1n) is 12.8. The van der Waals surface area contributed by atoms with Gasteiger partial charge in [0.2, 0.25) is 11.8 Å². The van der Waals surface area contributed by atoms with Crippen LogP contribution in [0.15, 0.2) is 54.6 Å². The molecule has 0 N–H and O–H groups in total.